The van der Waals surface area contributed by atoms with Crippen LogP contribution in [0, 0.1) is 18.3 Å². The highest BCUT2D eigenvalue weighted by Gasteiger charge is 2.38. The van der Waals surface area contributed by atoms with Crippen molar-refractivity contribution in [3.63, 3.8) is 0 Å². The number of aryl methyl sites for hydroxylation is 1. The number of nitrogens with two attached hydrogens (primary N) is 1. The molecule has 0 aliphatic carbocycles. The van der Waals surface area contributed by atoms with Gasteiger partial charge in [-0.15, -0.1) is 11.3 Å². The van der Waals surface area contributed by atoms with E-state index in [1.165, 1.54) is 39.8 Å². The van der Waals surface area contributed by atoms with Crippen LogP contribution >= 0.6 is 11.3 Å². The van der Waals surface area contributed by atoms with Crippen molar-refractivity contribution in [2.24, 2.45) is 5.73 Å². The minimum absolute atomic E-state index is 0.0789. The monoisotopic (exact) mass is 416 g/mol. The van der Waals surface area contributed by atoms with Crippen LogP contribution in [0.2, 0.25) is 0 Å². The Morgan fingerprint density at radius 2 is 1.76 bits per heavy atom. The Bertz CT molecular complexity index is 1050. The molecule has 1 aromatic carbocycles. The quantitative estimate of drug-likeness (QED) is 0.740. The molecule has 1 aromatic heterocycles. The number of hydrogen-bond acceptors (Lipinski definition) is 9. The van der Waals surface area contributed by atoms with Crippen molar-refractivity contribution in [3.05, 3.63) is 44.5 Å². The summed E-state index contributed by atoms with van der Waals surface area (Å²) >= 11 is 1.33. The molecule has 0 fully saturated rings. The summed E-state index contributed by atoms with van der Waals surface area (Å²) in [6.45, 7) is 1.78. The number of carbonyl (C=O) groups excluding carboxylic acids is 1. The van der Waals surface area contributed by atoms with Gasteiger partial charge in [0.05, 0.1) is 39.2 Å². The lowest BCUT2D eigenvalue weighted by Gasteiger charge is -2.26. The number of hydrogen-bond donors (Lipinski definition) is 1. The Morgan fingerprint density at radius 1 is 1.14 bits per heavy atom. The predicted octanol–water partition coefficient (Wildman–Crippen LogP) is 3.09. The standard InChI is InChI=1S/C20H20N2O6S/c1-9-15(20(23)27-5)17-18(29-9)16(11(8-21)19(22)28-17)10-6-13(25-3)14(26-4)7-12(10)24-2/h6-7,16H,22H2,1-5H3/t16-/m1/s1. The number of methoxy groups -OCH3 is 4. The summed E-state index contributed by atoms with van der Waals surface area (Å²) in [6.07, 6.45) is 0. The highest BCUT2D eigenvalue weighted by atomic mass is 32.1. The summed E-state index contributed by atoms with van der Waals surface area (Å²) in [5.41, 5.74) is 7.19. The molecule has 0 saturated heterocycles. The number of ether oxygens (including phenoxy) is 5. The number of thiophene rings is 1. The third-order valence-electron chi connectivity index (χ3n) is 4.65. The maximum Gasteiger partial charge on any atom is 0.342 e. The van der Waals surface area contributed by atoms with E-state index in [0.717, 1.165) is 0 Å². The maximum absolute atomic E-state index is 12.3. The molecule has 29 heavy (non-hydrogen) atoms. The van der Waals surface area contributed by atoms with Crippen LogP contribution in [0.4, 0.5) is 0 Å². The lowest BCUT2D eigenvalue weighted by molar-refractivity contribution is 0.0597. The van der Waals surface area contributed by atoms with E-state index in [2.05, 4.69) is 6.07 Å². The second-order valence-corrected chi connectivity index (χ2v) is 7.35. The molecule has 9 heteroatoms. The minimum atomic E-state index is -0.611. The zero-order chi connectivity index (χ0) is 21.3. The first kappa shape index (κ1) is 20.4. The number of nitriles is 1. The number of allylic oxidation sites excluding steroid dienone is 1. The second kappa shape index (κ2) is 7.93. The first-order chi connectivity index (χ1) is 13.9. The van der Waals surface area contributed by atoms with Crippen molar-refractivity contribution in [1.82, 2.24) is 0 Å². The molecule has 8 nitrogen and oxygen atoms in total. The average Bonchev–Trinajstić information content (AvgIpc) is 3.06. The van der Waals surface area contributed by atoms with Gasteiger partial charge >= 0.3 is 5.97 Å². The van der Waals surface area contributed by atoms with Gasteiger partial charge in [-0.05, 0) is 13.0 Å². The molecule has 1 aliphatic heterocycles. The van der Waals surface area contributed by atoms with Crippen LogP contribution in [0.5, 0.6) is 23.0 Å². The molecule has 0 bridgehead atoms. The number of rotatable bonds is 5. The third kappa shape index (κ3) is 3.21. The van der Waals surface area contributed by atoms with Gasteiger partial charge in [-0.3, -0.25) is 0 Å². The van der Waals surface area contributed by atoms with Crippen LogP contribution in [0.15, 0.2) is 23.6 Å². The van der Waals surface area contributed by atoms with Crippen LogP contribution in [-0.2, 0) is 4.74 Å². The summed E-state index contributed by atoms with van der Waals surface area (Å²) in [5.74, 6) is 0.489. The van der Waals surface area contributed by atoms with Crippen molar-refractivity contribution in [2.75, 3.05) is 28.4 Å². The molecule has 0 spiro atoms. The van der Waals surface area contributed by atoms with E-state index < -0.39 is 11.9 Å². The zero-order valence-corrected chi connectivity index (χ0v) is 17.4. The lowest BCUT2D eigenvalue weighted by atomic mass is 9.87. The number of esters is 1. The van der Waals surface area contributed by atoms with E-state index >= 15 is 0 Å². The van der Waals surface area contributed by atoms with E-state index in [1.807, 2.05) is 0 Å². The molecule has 2 aromatic rings. The molecule has 1 aliphatic rings. The fourth-order valence-electron chi connectivity index (χ4n) is 3.31. The topological polar surface area (TPSA) is 113 Å². The van der Waals surface area contributed by atoms with E-state index in [4.69, 9.17) is 29.4 Å². The van der Waals surface area contributed by atoms with Gasteiger partial charge < -0.3 is 29.4 Å². The Morgan fingerprint density at radius 3 is 2.31 bits per heavy atom. The lowest BCUT2D eigenvalue weighted by Crippen LogP contribution is -2.21. The molecular weight excluding hydrogens is 396 g/mol. The van der Waals surface area contributed by atoms with Crippen LogP contribution in [-0.4, -0.2) is 34.4 Å². The van der Waals surface area contributed by atoms with Crippen LogP contribution in [0.1, 0.15) is 31.6 Å². The van der Waals surface area contributed by atoms with Gasteiger partial charge in [0.25, 0.3) is 0 Å². The Balaban J connectivity index is 2.33. The molecule has 0 radical (unpaired) electrons. The van der Waals surface area contributed by atoms with Crippen LogP contribution in [0.25, 0.3) is 0 Å². The molecular formula is C20H20N2O6S. The van der Waals surface area contributed by atoms with E-state index in [1.54, 1.807) is 19.1 Å². The summed E-state index contributed by atoms with van der Waals surface area (Å²) in [5, 5.41) is 9.79. The van der Waals surface area contributed by atoms with E-state index in [-0.39, 0.29) is 22.8 Å². The van der Waals surface area contributed by atoms with Gasteiger partial charge in [-0.2, -0.15) is 5.26 Å². The van der Waals surface area contributed by atoms with Crippen molar-refractivity contribution in [1.29, 1.82) is 5.26 Å². The Hall–Kier alpha value is -3.38. The first-order valence-electron chi connectivity index (χ1n) is 8.50. The number of fused-ring (bicyclic) bond motifs is 1. The predicted molar refractivity (Wildman–Crippen MR) is 106 cm³/mol. The number of benzene rings is 1. The number of nitrogens with zero attached hydrogens (tertiary/aromatic N) is 1. The summed E-state index contributed by atoms with van der Waals surface area (Å²) in [4.78, 5) is 13.6. The molecule has 0 saturated carbocycles. The molecule has 1 atom stereocenters. The second-order valence-electron chi connectivity index (χ2n) is 6.09. The summed E-state index contributed by atoms with van der Waals surface area (Å²) in [7, 11) is 5.85. The highest BCUT2D eigenvalue weighted by molar-refractivity contribution is 7.12. The average molecular weight is 416 g/mol. The third-order valence-corrected chi connectivity index (χ3v) is 5.80. The van der Waals surface area contributed by atoms with Gasteiger partial charge in [-0.1, -0.05) is 0 Å². The minimum Gasteiger partial charge on any atom is -0.496 e. The summed E-state index contributed by atoms with van der Waals surface area (Å²) in [6, 6.07) is 5.53. The molecule has 152 valence electrons. The van der Waals surface area contributed by atoms with Gasteiger partial charge in [0.2, 0.25) is 5.88 Å². The molecule has 0 amide bonds. The van der Waals surface area contributed by atoms with Crippen molar-refractivity contribution < 1.29 is 28.5 Å². The van der Waals surface area contributed by atoms with Crippen molar-refractivity contribution >= 4 is 17.3 Å². The molecule has 2 heterocycles. The van der Waals surface area contributed by atoms with Crippen molar-refractivity contribution in [2.45, 2.75) is 12.8 Å². The van der Waals surface area contributed by atoms with E-state index in [9.17, 15) is 10.1 Å². The fraction of sp³-hybridized carbons (Fsp3) is 0.300. The first-order valence-corrected chi connectivity index (χ1v) is 9.32. The largest absolute Gasteiger partial charge is 0.496 e. The fourth-order valence-corrected chi connectivity index (χ4v) is 4.52. The summed E-state index contributed by atoms with van der Waals surface area (Å²) < 4.78 is 26.9. The molecule has 0 unspecified atom stereocenters. The molecule has 2 N–H and O–H groups in total. The molecule has 3 rings (SSSR count). The normalized spacial score (nSPS) is 15.1. The van der Waals surface area contributed by atoms with Gasteiger partial charge in [0, 0.05) is 16.5 Å². The van der Waals surface area contributed by atoms with Crippen LogP contribution in [0.3, 0.4) is 0 Å². The Labute approximate surface area is 172 Å². The van der Waals surface area contributed by atoms with E-state index in [0.29, 0.717) is 32.6 Å². The van der Waals surface area contributed by atoms with Crippen molar-refractivity contribution in [3.8, 4) is 29.1 Å². The SMILES string of the molecule is COC(=O)c1c(C)sc2c1OC(N)=C(C#N)[C@H]2c1cc(OC)c(OC)cc1OC. The number of carbonyl (C=O) groups is 1. The maximum atomic E-state index is 12.3. The zero-order valence-electron chi connectivity index (χ0n) is 16.6. The van der Waals surface area contributed by atoms with Gasteiger partial charge in [0.15, 0.2) is 17.2 Å². The Kier molecular flexibility index (Phi) is 5.57. The van der Waals surface area contributed by atoms with Gasteiger partial charge in [0.1, 0.15) is 23.0 Å². The van der Waals surface area contributed by atoms with Gasteiger partial charge in [-0.25, -0.2) is 4.79 Å². The highest BCUT2D eigenvalue weighted by Crippen LogP contribution is 2.52. The smallest absolute Gasteiger partial charge is 0.342 e. The van der Waals surface area contributed by atoms with Crippen LogP contribution < -0.4 is 24.7 Å².